The van der Waals surface area contributed by atoms with Gasteiger partial charge in [0.1, 0.15) is 0 Å². The minimum absolute atomic E-state index is 0.0129. The van der Waals surface area contributed by atoms with Gasteiger partial charge < -0.3 is 15.3 Å². The van der Waals surface area contributed by atoms with Gasteiger partial charge in [-0.3, -0.25) is 4.79 Å². The summed E-state index contributed by atoms with van der Waals surface area (Å²) in [4.78, 5) is 16.3. The molecule has 3 rings (SSSR count). The summed E-state index contributed by atoms with van der Waals surface area (Å²) in [6, 6.07) is 15.1. The van der Waals surface area contributed by atoms with E-state index in [-0.39, 0.29) is 18.2 Å². The van der Waals surface area contributed by atoms with Crippen molar-refractivity contribution in [3.8, 4) is 0 Å². The Morgan fingerprint density at radius 2 is 1.92 bits per heavy atom. The van der Waals surface area contributed by atoms with Crippen molar-refractivity contribution in [2.75, 3.05) is 0 Å². The van der Waals surface area contributed by atoms with Gasteiger partial charge in [0.15, 0.2) is 0 Å². The van der Waals surface area contributed by atoms with Crippen LogP contribution < -0.4 is 5.32 Å². The highest BCUT2D eigenvalue weighted by Gasteiger charge is 2.60. The highest BCUT2D eigenvalue weighted by atomic mass is 19.4. The summed E-state index contributed by atoms with van der Waals surface area (Å²) in [6.07, 6.45) is -5.74. The number of aliphatic hydroxyl groups is 1. The number of amides is 1. The molecule has 2 aromatic carbocycles. The highest BCUT2D eigenvalue weighted by molar-refractivity contribution is 6.01. The summed E-state index contributed by atoms with van der Waals surface area (Å²) < 4.78 is 38.4. The lowest BCUT2D eigenvalue weighted by Gasteiger charge is -2.22. The maximum atomic E-state index is 12.8. The van der Waals surface area contributed by atoms with Gasteiger partial charge in [-0.15, -0.1) is 0 Å². The Labute approximate surface area is 147 Å². The molecule has 0 saturated heterocycles. The Kier molecular flexibility index (Phi) is 4.69. The van der Waals surface area contributed by atoms with E-state index >= 15 is 0 Å². The molecule has 0 aromatic heterocycles. The van der Waals surface area contributed by atoms with E-state index in [4.69, 9.17) is 0 Å². The lowest BCUT2D eigenvalue weighted by molar-refractivity contribution is -0.355. The fourth-order valence-electron chi connectivity index (χ4n) is 2.46. The first kappa shape index (κ1) is 17.9. The molecule has 1 amide bonds. The topological polar surface area (TPSA) is 70.9 Å². The van der Waals surface area contributed by atoms with Gasteiger partial charge >= 0.3 is 12.0 Å². The Balaban J connectivity index is 1.67. The maximum absolute atomic E-state index is 12.8. The molecule has 2 N–H and O–H groups in total. The Bertz CT molecular complexity index is 837. The van der Waals surface area contributed by atoms with Gasteiger partial charge in [-0.05, 0) is 29.3 Å². The van der Waals surface area contributed by atoms with Crippen LogP contribution in [0.1, 0.15) is 27.9 Å². The number of carbonyl (C=O) groups is 1. The van der Waals surface area contributed by atoms with Crippen molar-refractivity contribution in [3.05, 3.63) is 71.3 Å². The van der Waals surface area contributed by atoms with E-state index < -0.39 is 18.4 Å². The van der Waals surface area contributed by atoms with Gasteiger partial charge in [-0.25, -0.2) is 0 Å². The average Bonchev–Trinajstić information content (AvgIpc) is 3.04. The second kappa shape index (κ2) is 6.80. The molecule has 0 bridgehead atoms. The van der Waals surface area contributed by atoms with Gasteiger partial charge in [0.05, 0.1) is 12.1 Å². The minimum Gasteiger partial charge on any atom is -0.350 e. The SMILES string of the molecule is O=C(NCc1cccc(C2=NOC(O)(C(F)(F)F)C2)c1)c1ccccc1. The van der Waals surface area contributed by atoms with E-state index in [2.05, 4.69) is 15.3 Å². The standard InChI is InChI=1S/C18H15F3N2O3/c19-18(20,21)17(25)10-15(23-26-17)14-8-4-5-12(9-14)11-22-16(24)13-6-2-1-3-7-13/h1-9,25H,10-11H2,(H,22,24). The van der Waals surface area contributed by atoms with Crippen molar-refractivity contribution in [2.24, 2.45) is 5.16 Å². The molecular formula is C18H15F3N2O3. The zero-order valence-corrected chi connectivity index (χ0v) is 13.5. The summed E-state index contributed by atoms with van der Waals surface area (Å²) in [5.74, 6) is -3.57. The summed E-state index contributed by atoms with van der Waals surface area (Å²) in [5, 5.41) is 15.6. The molecule has 26 heavy (non-hydrogen) atoms. The molecule has 8 heteroatoms. The van der Waals surface area contributed by atoms with Crippen LogP contribution in [0.3, 0.4) is 0 Å². The Morgan fingerprint density at radius 3 is 2.58 bits per heavy atom. The first-order chi connectivity index (χ1) is 12.3. The predicted molar refractivity (Wildman–Crippen MR) is 87.3 cm³/mol. The Hall–Kier alpha value is -2.87. The zero-order valence-electron chi connectivity index (χ0n) is 13.5. The van der Waals surface area contributed by atoms with Crippen LogP contribution in [0.4, 0.5) is 13.2 Å². The normalized spacial score (nSPS) is 19.6. The summed E-state index contributed by atoms with van der Waals surface area (Å²) in [6.45, 7) is 0.194. The summed E-state index contributed by atoms with van der Waals surface area (Å²) in [7, 11) is 0. The first-order valence-corrected chi connectivity index (χ1v) is 7.75. The quantitative estimate of drug-likeness (QED) is 0.876. The molecule has 2 aromatic rings. The summed E-state index contributed by atoms with van der Waals surface area (Å²) in [5.41, 5.74) is 1.56. The largest absolute Gasteiger partial charge is 0.458 e. The van der Waals surface area contributed by atoms with E-state index in [0.717, 1.165) is 0 Å². The summed E-state index contributed by atoms with van der Waals surface area (Å²) >= 11 is 0. The molecule has 0 fully saturated rings. The monoisotopic (exact) mass is 364 g/mol. The van der Waals surface area contributed by atoms with E-state index in [1.807, 2.05) is 0 Å². The zero-order chi connectivity index (χ0) is 18.8. The molecule has 0 saturated carbocycles. The lowest BCUT2D eigenvalue weighted by atomic mass is 10.0. The van der Waals surface area contributed by atoms with Crippen LogP contribution in [0.2, 0.25) is 0 Å². The second-order valence-electron chi connectivity index (χ2n) is 5.84. The van der Waals surface area contributed by atoms with E-state index in [0.29, 0.717) is 16.7 Å². The van der Waals surface area contributed by atoms with Gasteiger partial charge in [-0.2, -0.15) is 13.2 Å². The van der Waals surface area contributed by atoms with Crippen molar-refractivity contribution >= 4 is 11.6 Å². The lowest BCUT2D eigenvalue weighted by Crippen LogP contribution is -2.45. The number of hydrogen-bond acceptors (Lipinski definition) is 4. The van der Waals surface area contributed by atoms with Crippen LogP contribution in [-0.4, -0.2) is 28.7 Å². The predicted octanol–water partition coefficient (Wildman–Crippen LogP) is 2.99. The molecule has 136 valence electrons. The van der Waals surface area contributed by atoms with E-state index in [9.17, 15) is 23.1 Å². The number of hydrogen-bond donors (Lipinski definition) is 2. The number of carbonyl (C=O) groups excluding carboxylic acids is 1. The third-order valence-corrected chi connectivity index (χ3v) is 3.91. The molecule has 1 heterocycles. The molecule has 0 radical (unpaired) electrons. The molecule has 0 aliphatic carbocycles. The van der Waals surface area contributed by atoms with Gasteiger partial charge in [0.2, 0.25) is 0 Å². The van der Waals surface area contributed by atoms with Crippen LogP contribution in [0.25, 0.3) is 0 Å². The van der Waals surface area contributed by atoms with Crippen LogP contribution in [-0.2, 0) is 11.4 Å². The average molecular weight is 364 g/mol. The minimum atomic E-state index is -4.94. The number of alkyl halides is 3. The fraction of sp³-hybridized carbons (Fsp3) is 0.222. The number of oxime groups is 1. The first-order valence-electron chi connectivity index (χ1n) is 7.75. The van der Waals surface area contributed by atoms with Gasteiger partial charge in [0.25, 0.3) is 5.91 Å². The molecule has 0 spiro atoms. The third kappa shape index (κ3) is 3.70. The van der Waals surface area contributed by atoms with E-state index in [1.54, 1.807) is 54.6 Å². The molecule has 1 aliphatic rings. The van der Waals surface area contributed by atoms with Gasteiger partial charge in [0, 0.05) is 12.1 Å². The van der Waals surface area contributed by atoms with Gasteiger partial charge in [-0.1, -0.05) is 41.6 Å². The van der Waals surface area contributed by atoms with Crippen LogP contribution in [0.15, 0.2) is 59.8 Å². The molecule has 1 aliphatic heterocycles. The van der Waals surface area contributed by atoms with Crippen molar-refractivity contribution in [3.63, 3.8) is 0 Å². The number of rotatable bonds is 4. The highest BCUT2D eigenvalue weighted by Crippen LogP contribution is 2.38. The molecule has 1 unspecified atom stereocenters. The van der Waals surface area contributed by atoms with Crippen LogP contribution in [0.5, 0.6) is 0 Å². The van der Waals surface area contributed by atoms with Crippen molar-refractivity contribution < 1.29 is 27.9 Å². The molecule has 1 atom stereocenters. The third-order valence-electron chi connectivity index (χ3n) is 3.91. The smallest absolute Gasteiger partial charge is 0.350 e. The van der Waals surface area contributed by atoms with Crippen LogP contribution in [0, 0.1) is 0 Å². The van der Waals surface area contributed by atoms with Crippen molar-refractivity contribution in [1.82, 2.24) is 5.32 Å². The number of nitrogens with one attached hydrogen (secondary N) is 1. The fourth-order valence-corrected chi connectivity index (χ4v) is 2.46. The molecule has 5 nitrogen and oxygen atoms in total. The van der Waals surface area contributed by atoms with Crippen molar-refractivity contribution in [2.45, 2.75) is 24.9 Å². The maximum Gasteiger partial charge on any atom is 0.458 e. The Morgan fingerprint density at radius 1 is 1.19 bits per heavy atom. The van der Waals surface area contributed by atoms with E-state index in [1.165, 1.54) is 0 Å². The van der Waals surface area contributed by atoms with Crippen LogP contribution >= 0.6 is 0 Å². The number of halogens is 3. The van der Waals surface area contributed by atoms with Crippen molar-refractivity contribution in [1.29, 1.82) is 0 Å². The second-order valence-corrected chi connectivity index (χ2v) is 5.84. The number of benzene rings is 2. The number of nitrogens with zero attached hydrogens (tertiary/aromatic N) is 1. The molecular weight excluding hydrogens is 349 g/mol.